The number of hydrogen-bond donors (Lipinski definition) is 0. The van der Waals surface area contributed by atoms with Gasteiger partial charge in [-0.3, -0.25) is 4.79 Å². The number of hydrogen-bond acceptors (Lipinski definition) is 2. The monoisotopic (exact) mass is 142 g/mol. The van der Waals surface area contributed by atoms with Crippen LogP contribution in [0.3, 0.4) is 0 Å². The summed E-state index contributed by atoms with van der Waals surface area (Å²) in [5.74, 6) is 0.375. The molecule has 2 nitrogen and oxygen atoms in total. The van der Waals surface area contributed by atoms with Crippen molar-refractivity contribution in [1.29, 1.82) is 0 Å². The zero-order chi connectivity index (χ0) is 7.72. The largest absolute Gasteiger partial charge is 0.367 e. The molecule has 1 saturated heterocycles. The van der Waals surface area contributed by atoms with Crippen LogP contribution < -0.4 is 0 Å². The molecule has 1 aliphatic heterocycles. The van der Waals surface area contributed by atoms with Gasteiger partial charge in [0.25, 0.3) is 0 Å². The third kappa shape index (κ3) is 1.08. The first-order chi connectivity index (χ1) is 4.66. The molecule has 10 heavy (non-hydrogen) atoms. The molecule has 2 heteroatoms. The summed E-state index contributed by atoms with van der Waals surface area (Å²) in [6, 6.07) is 0. The maximum absolute atomic E-state index is 11.2. The fraction of sp³-hybridized carbons (Fsp3) is 0.875. The Bertz CT molecular complexity index is 142. The van der Waals surface area contributed by atoms with Gasteiger partial charge >= 0.3 is 0 Å². The zero-order valence-corrected chi connectivity index (χ0v) is 6.76. The molecule has 0 radical (unpaired) electrons. The van der Waals surface area contributed by atoms with Gasteiger partial charge in [-0.2, -0.15) is 0 Å². The molecule has 0 saturated carbocycles. The molecule has 1 unspecified atom stereocenters. The maximum atomic E-state index is 11.2. The summed E-state index contributed by atoms with van der Waals surface area (Å²) >= 11 is 0. The summed E-state index contributed by atoms with van der Waals surface area (Å²) < 4.78 is 5.39. The lowest BCUT2D eigenvalue weighted by molar-refractivity contribution is -0.124. The van der Waals surface area contributed by atoms with Crippen molar-refractivity contribution in [3.63, 3.8) is 0 Å². The smallest absolute Gasteiger partial charge is 0.166 e. The summed E-state index contributed by atoms with van der Waals surface area (Å²) in [7, 11) is 0. The molecule has 0 aromatic heterocycles. The average Bonchev–Trinajstić information content (AvgIpc) is 2.17. The Labute approximate surface area is 61.6 Å². The molecule has 0 bridgehead atoms. The first-order valence-corrected chi connectivity index (χ1v) is 3.86. The van der Waals surface area contributed by atoms with Crippen LogP contribution in [-0.2, 0) is 9.53 Å². The first-order valence-electron chi connectivity index (χ1n) is 3.86. The van der Waals surface area contributed by atoms with Crippen LogP contribution in [0.5, 0.6) is 0 Å². The van der Waals surface area contributed by atoms with Gasteiger partial charge in [0.1, 0.15) is 6.10 Å². The standard InChI is InChI=1S/C8H14O2/c1-4-7-8(9)5(2)6(3)10-7/h5-7H,4H2,1-3H3/t5?,6-,7+/m0/s1. The highest BCUT2D eigenvalue weighted by Crippen LogP contribution is 2.23. The van der Waals surface area contributed by atoms with Crippen molar-refractivity contribution in [2.24, 2.45) is 5.92 Å². The van der Waals surface area contributed by atoms with Gasteiger partial charge < -0.3 is 4.74 Å². The molecule has 0 aromatic rings. The Hall–Kier alpha value is -0.370. The van der Waals surface area contributed by atoms with Crippen LogP contribution in [0.15, 0.2) is 0 Å². The van der Waals surface area contributed by atoms with E-state index in [9.17, 15) is 4.79 Å². The first kappa shape index (κ1) is 7.73. The molecule has 1 fully saturated rings. The Morgan fingerprint density at radius 2 is 2.10 bits per heavy atom. The molecule has 3 atom stereocenters. The second kappa shape index (κ2) is 2.70. The van der Waals surface area contributed by atoms with E-state index < -0.39 is 0 Å². The van der Waals surface area contributed by atoms with Gasteiger partial charge in [-0.05, 0) is 13.3 Å². The topological polar surface area (TPSA) is 26.3 Å². The summed E-state index contributed by atoms with van der Waals surface area (Å²) in [4.78, 5) is 11.2. The maximum Gasteiger partial charge on any atom is 0.166 e. The number of ether oxygens (including phenoxy) is 1. The predicted molar refractivity (Wildman–Crippen MR) is 38.8 cm³/mol. The Morgan fingerprint density at radius 1 is 1.50 bits per heavy atom. The van der Waals surface area contributed by atoms with Crippen LogP contribution in [0, 0.1) is 5.92 Å². The highest BCUT2D eigenvalue weighted by Gasteiger charge is 2.36. The second-order valence-electron chi connectivity index (χ2n) is 2.93. The van der Waals surface area contributed by atoms with Crippen molar-refractivity contribution in [2.75, 3.05) is 0 Å². The molecule has 0 N–H and O–H groups in total. The van der Waals surface area contributed by atoms with E-state index in [1.165, 1.54) is 0 Å². The van der Waals surface area contributed by atoms with Gasteiger partial charge in [0.05, 0.1) is 6.10 Å². The highest BCUT2D eigenvalue weighted by molar-refractivity contribution is 5.87. The third-order valence-electron chi connectivity index (χ3n) is 2.22. The van der Waals surface area contributed by atoms with Crippen LogP contribution in [0.2, 0.25) is 0 Å². The molecule has 1 rings (SSSR count). The molecule has 0 spiro atoms. The SMILES string of the molecule is CC[C@H]1O[C@@H](C)C(C)C1=O. The molecular formula is C8H14O2. The van der Waals surface area contributed by atoms with Crippen molar-refractivity contribution in [2.45, 2.75) is 39.4 Å². The van der Waals surface area contributed by atoms with E-state index in [-0.39, 0.29) is 23.9 Å². The van der Waals surface area contributed by atoms with Gasteiger partial charge in [0.15, 0.2) is 5.78 Å². The lowest BCUT2D eigenvalue weighted by Crippen LogP contribution is -2.17. The summed E-state index contributed by atoms with van der Waals surface area (Å²) in [6.07, 6.45) is 0.815. The lowest BCUT2D eigenvalue weighted by Gasteiger charge is -2.05. The highest BCUT2D eigenvalue weighted by atomic mass is 16.5. The third-order valence-corrected chi connectivity index (χ3v) is 2.22. The summed E-state index contributed by atoms with van der Waals surface area (Å²) in [5.41, 5.74) is 0. The molecule has 58 valence electrons. The fourth-order valence-corrected chi connectivity index (χ4v) is 1.27. The lowest BCUT2D eigenvalue weighted by atomic mass is 10.0. The fourth-order valence-electron chi connectivity index (χ4n) is 1.27. The molecule has 1 heterocycles. The zero-order valence-electron chi connectivity index (χ0n) is 6.76. The number of carbonyl (C=O) groups is 1. The Morgan fingerprint density at radius 3 is 2.30 bits per heavy atom. The number of ketones is 1. The molecule has 0 aromatic carbocycles. The quantitative estimate of drug-likeness (QED) is 0.553. The van der Waals surface area contributed by atoms with Crippen molar-refractivity contribution in [3.05, 3.63) is 0 Å². The molecule has 1 aliphatic rings. The summed E-state index contributed by atoms with van der Waals surface area (Å²) in [6.45, 7) is 5.87. The van der Waals surface area contributed by atoms with Crippen molar-refractivity contribution >= 4 is 5.78 Å². The van der Waals surface area contributed by atoms with Crippen LogP contribution in [0.1, 0.15) is 27.2 Å². The minimum absolute atomic E-state index is 0.102. The van der Waals surface area contributed by atoms with E-state index in [0.717, 1.165) is 6.42 Å². The van der Waals surface area contributed by atoms with Crippen LogP contribution in [-0.4, -0.2) is 18.0 Å². The van der Waals surface area contributed by atoms with E-state index in [2.05, 4.69) is 0 Å². The van der Waals surface area contributed by atoms with Crippen LogP contribution in [0.4, 0.5) is 0 Å². The predicted octanol–water partition coefficient (Wildman–Crippen LogP) is 1.39. The minimum atomic E-state index is -0.120. The van der Waals surface area contributed by atoms with Crippen molar-refractivity contribution in [1.82, 2.24) is 0 Å². The second-order valence-corrected chi connectivity index (χ2v) is 2.93. The average molecular weight is 142 g/mol. The minimum Gasteiger partial charge on any atom is -0.367 e. The molecule has 0 amide bonds. The van der Waals surface area contributed by atoms with Crippen LogP contribution in [0.25, 0.3) is 0 Å². The summed E-state index contributed by atoms with van der Waals surface area (Å²) in [5, 5.41) is 0. The van der Waals surface area contributed by atoms with Gasteiger partial charge in [0.2, 0.25) is 0 Å². The van der Waals surface area contributed by atoms with E-state index in [1.54, 1.807) is 0 Å². The van der Waals surface area contributed by atoms with E-state index in [4.69, 9.17) is 4.74 Å². The van der Waals surface area contributed by atoms with Crippen molar-refractivity contribution < 1.29 is 9.53 Å². The van der Waals surface area contributed by atoms with E-state index >= 15 is 0 Å². The number of rotatable bonds is 1. The molecule has 0 aliphatic carbocycles. The Balaban J connectivity index is 2.62. The van der Waals surface area contributed by atoms with Crippen molar-refractivity contribution in [3.8, 4) is 0 Å². The molecular weight excluding hydrogens is 128 g/mol. The van der Waals surface area contributed by atoms with E-state index in [0.29, 0.717) is 0 Å². The number of Topliss-reactive ketones (excluding diaryl/α,β-unsaturated/α-hetero) is 1. The Kier molecular flexibility index (Phi) is 2.09. The normalized spacial score (nSPS) is 40.7. The van der Waals surface area contributed by atoms with E-state index in [1.807, 2.05) is 20.8 Å². The van der Waals surface area contributed by atoms with Gasteiger partial charge in [-0.15, -0.1) is 0 Å². The van der Waals surface area contributed by atoms with Gasteiger partial charge in [-0.1, -0.05) is 13.8 Å². The van der Waals surface area contributed by atoms with Crippen LogP contribution >= 0.6 is 0 Å². The van der Waals surface area contributed by atoms with Gasteiger partial charge in [0, 0.05) is 5.92 Å². The number of carbonyl (C=O) groups excluding carboxylic acids is 1. The van der Waals surface area contributed by atoms with Gasteiger partial charge in [-0.25, -0.2) is 0 Å².